The number of furan rings is 1. The fourth-order valence-electron chi connectivity index (χ4n) is 2.97. The first-order chi connectivity index (χ1) is 10.1. The molecule has 0 bridgehead atoms. The molecule has 1 fully saturated rings. The molecule has 0 saturated carbocycles. The van der Waals surface area contributed by atoms with E-state index in [-0.39, 0.29) is 5.41 Å². The van der Waals surface area contributed by atoms with Crippen LogP contribution >= 0.6 is 0 Å². The van der Waals surface area contributed by atoms with Gasteiger partial charge in [0.15, 0.2) is 0 Å². The first-order valence-electron chi connectivity index (χ1n) is 7.97. The largest absolute Gasteiger partial charge is 0.468 e. The average molecular weight is 289 g/mol. The van der Waals surface area contributed by atoms with Crippen LogP contribution in [-0.4, -0.2) is 31.1 Å². The lowest BCUT2D eigenvalue weighted by Gasteiger charge is -2.29. The van der Waals surface area contributed by atoms with Crippen LogP contribution in [0.4, 0.5) is 0 Å². The van der Waals surface area contributed by atoms with Gasteiger partial charge in [-0.05, 0) is 49.9 Å². The predicted molar refractivity (Wildman–Crippen MR) is 83.8 cm³/mol. The van der Waals surface area contributed by atoms with Crippen LogP contribution in [0.25, 0.3) is 0 Å². The highest BCUT2D eigenvalue weighted by atomic mass is 16.3. The lowest BCUT2D eigenvalue weighted by Crippen LogP contribution is -2.37. The van der Waals surface area contributed by atoms with Crippen molar-refractivity contribution < 1.29 is 4.42 Å². The molecule has 0 aliphatic carbocycles. The summed E-state index contributed by atoms with van der Waals surface area (Å²) in [5, 5.41) is 12.3. The minimum atomic E-state index is 0.161. The summed E-state index contributed by atoms with van der Waals surface area (Å²) in [5.41, 5.74) is 0.161. The summed E-state index contributed by atoms with van der Waals surface area (Å²) in [5.74, 6) is 1.05. The third-order valence-electron chi connectivity index (χ3n) is 4.31. The van der Waals surface area contributed by atoms with Gasteiger partial charge >= 0.3 is 0 Å². The fourth-order valence-corrected chi connectivity index (χ4v) is 2.97. The van der Waals surface area contributed by atoms with Gasteiger partial charge in [-0.2, -0.15) is 5.26 Å². The summed E-state index contributed by atoms with van der Waals surface area (Å²) in [6.07, 6.45) is 5.89. The van der Waals surface area contributed by atoms with Gasteiger partial charge in [-0.15, -0.1) is 0 Å². The standard InChI is InChI=1S/C17H27N3O/c1-17(2,8-6-9-18)14-19-13-15(16-7-5-12-21-16)20-10-3-4-11-20/h5,7,12,15,19H,3-4,6,8,10-11,13-14H2,1-2H3. The second kappa shape index (κ2) is 7.63. The van der Waals surface area contributed by atoms with Crippen molar-refractivity contribution >= 4 is 0 Å². The molecule has 1 atom stereocenters. The van der Waals surface area contributed by atoms with Crippen molar-refractivity contribution in [3.05, 3.63) is 24.2 Å². The Bertz CT molecular complexity index is 441. The Labute approximate surface area is 128 Å². The molecule has 1 aromatic rings. The molecule has 0 spiro atoms. The minimum absolute atomic E-state index is 0.161. The van der Waals surface area contributed by atoms with Crippen molar-refractivity contribution in [1.82, 2.24) is 10.2 Å². The van der Waals surface area contributed by atoms with Gasteiger partial charge in [-0.25, -0.2) is 0 Å². The van der Waals surface area contributed by atoms with Gasteiger partial charge in [-0.1, -0.05) is 13.8 Å². The Kier molecular flexibility index (Phi) is 5.84. The van der Waals surface area contributed by atoms with Gasteiger partial charge in [0, 0.05) is 19.5 Å². The molecule has 116 valence electrons. The van der Waals surface area contributed by atoms with Crippen LogP contribution in [0.5, 0.6) is 0 Å². The molecule has 4 heteroatoms. The highest BCUT2D eigenvalue weighted by Gasteiger charge is 2.26. The molecular formula is C17H27N3O. The van der Waals surface area contributed by atoms with Crippen molar-refractivity contribution in [2.24, 2.45) is 5.41 Å². The molecule has 2 rings (SSSR count). The van der Waals surface area contributed by atoms with Crippen LogP contribution in [0.15, 0.2) is 22.8 Å². The molecule has 1 aliphatic rings. The maximum absolute atomic E-state index is 8.72. The summed E-state index contributed by atoms with van der Waals surface area (Å²) in [6.45, 7) is 8.59. The zero-order chi connectivity index (χ0) is 15.1. The van der Waals surface area contributed by atoms with E-state index in [1.807, 2.05) is 6.07 Å². The van der Waals surface area contributed by atoms with Gasteiger partial charge < -0.3 is 9.73 Å². The molecule has 2 heterocycles. The zero-order valence-electron chi connectivity index (χ0n) is 13.3. The molecule has 1 aromatic heterocycles. The van der Waals surface area contributed by atoms with Crippen molar-refractivity contribution in [3.63, 3.8) is 0 Å². The molecule has 21 heavy (non-hydrogen) atoms. The number of rotatable bonds is 8. The van der Waals surface area contributed by atoms with Crippen LogP contribution in [0, 0.1) is 16.7 Å². The van der Waals surface area contributed by atoms with Gasteiger partial charge in [0.25, 0.3) is 0 Å². The topological polar surface area (TPSA) is 52.2 Å². The molecule has 0 aromatic carbocycles. The molecule has 1 aliphatic heterocycles. The van der Waals surface area contributed by atoms with Crippen LogP contribution in [0.2, 0.25) is 0 Å². The number of likely N-dealkylation sites (tertiary alicyclic amines) is 1. The molecule has 1 N–H and O–H groups in total. The third kappa shape index (κ3) is 4.87. The van der Waals surface area contributed by atoms with Gasteiger partial charge in [-0.3, -0.25) is 4.90 Å². The van der Waals surface area contributed by atoms with E-state index in [1.54, 1.807) is 6.26 Å². The first-order valence-corrected chi connectivity index (χ1v) is 7.97. The zero-order valence-corrected chi connectivity index (χ0v) is 13.3. The van der Waals surface area contributed by atoms with Crippen LogP contribution in [0.3, 0.4) is 0 Å². The number of hydrogen-bond donors (Lipinski definition) is 1. The second-order valence-corrected chi connectivity index (χ2v) is 6.73. The summed E-state index contributed by atoms with van der Waals surface area (Å²) >= 11 is 0. The van der Waals surface area contributed by atoms with Crippen molar-refractivity contribution in [2.45, 2.75) is 45.6 Å². The summed E-state index contributed by atoms with van der Waals surface area (Å²) in [6, 6.07) is 6.61. The first kappa shape index (κ1) is 16.1. The van der Waals surface area contributed by atoms with E-state index in [4.69, 9.17) is 9.68 Å². The van der Waals surface area contributed by atoms with Crippen molar-refractivity contribution in [3.8, 4) is 6.07 Å². The van der Waals surface area contributed by atoms with E-state index in [9.17, 15) is 0 Å². The normalized spacial score (nSPS) is 17.8. The molecule has 0 amide bonds. The van der Waals surface area contributed by atoms with E-state index in [2.05, 4.69) is 36.2 Å². The van der Waals surface area contributed by atoms with E-state index in [1.165, 1.54) is 12.8 Å². The SMILES string of the molecule is CC(C)(CCC#N)CNCC(c1ccco1)N1CCCC1. The van der Waals surface area contributed by atoms with Crippen molar-refractivity contribution in [1.29, 1.82) is 5.26 Å². The Balaban J connectivity index is 1.86. The number of nitrogens with zero attached hydrogens (tertiary/aromatic N) is 2. The molecule has 4 nitrogen and oxygen atoms in total. The molecule has 1 unspecified atom stereocenters. The molecule has 0 radical (unpaired) electrons. The summed E-state index contributed by atoms with van der Waals surface area (Å²) < 4.78 is 5.63. The monoisotopic (exact) mass is 289 g/mol. The Morgan fingerprint density at radius 1 is 1.43 bits per heavy atom. The number of nitriles is 1. The van der Waals surface area contributed by atoms with E-state index < -0.39 is 0 Å². The maximum Gasteiger partial charge on any atom is 0.122 e. The minimum Gasteiger partial charge on any atom is -0.468 e. The van der Waals surface area contributed by atoms with Crippen LogP contribution in [-0.2, 0) is 0 Å². The average Bonchev–Trinajstić information content (AvgIpc) is 3.14. The van der Waals surface area contributed by atoms with Gasteiger partial charge in [0.2, 0.25) is 0 Å². The smallest absolute Gasteiger partial charge is 0.122 e. The quantitative estimate of drug-likeness (QED) is 0.797. The van der Waals surface area contributed by atoms with E-state index >= 15 is 0 Å². The molecule has 1 saturated heterocycles. The number of nitrogens with one attached hydrogen (secondary N) is 1. The highest BCUT2D eigenvalue weighted by molar-refractivity contribution is 5.06. The number of hydrogen-bond acceptors (Lipinski definition) is 4. The maximum atomic E-state index is 8.72. The van der Waals surface area contributed by atoms with Gasteiger partial charge in [0.1, 0.15) is 5.76 Å². The van der Waals surface area contributed by atoms with Crippen LogP contribution < -0.4 is 5.32 Å². The lowest BCUT2D eigenvalue weighted by molar-refractivity contribution is 0.200. The highest BCUT2D eigenvalue weighted by Crippen LogP contribution is 2.26. The van der Waals surface area contributed by atoms with Crippen LogP contribution in [0.1, 0.15) is 51.3 Å². The van der Waals surface area contributed by atoms with Gasteiger partial charge in [0.05, 0.1) is 18.4 Å². The molecular weight excluding hydrogens is 262 g/mol. The Hall–Kier alpha value is -1.31. The second-order valence-electron chi connectivity index (χ2n) is 6.73. The Morgan fingerprint density at radius 2 is 2.19 bits per heavy atom. The van der Waals surface area contributed by atoms with Crippen molar-refractivity contribution in [2.75, 3.05) is 26.2 Å². The predicted octanol–water partition coefficient (Wildman–Crippen LogP) is 3.34. The fraction of sp³-hybridized carbons (Fsp3) is 0.706. The van der Waals surface area contributed by atoms with E-state index in [0.29, 0.717) is 12.5 Å². The Morgan fingerprint density at radius 3 is 2.81 bits per heavy atom. The van der Waals surface area contributed by atoms with E-state index in [0.717, 1.165) is 38.4 Å². The summed E-state index contributed by atoms with van der Waals surface area (Å²) in [4.78, 5) is 2.51. The third-order valence-corrected chi connectivity index (χ3v) is 4.31. The summed E-state index contributed by atoms with van der Waals surface area (Å²) in [7, 11) is 0. The lowest BCUT2D eigenvalue weighted by atomic mass is 9.88.